The molecule has 1 amide bonds. The smallest absolute Gasteiger partial charge is 0.233 e. The molecule has 4 saturated carbocycles. The van der Waals surface area contributed by atoms with Crippen LogP contribution >= 0.6 is 27.3 Å². The van der Waals surface area contributed by atoms with Crippen LogP contribution in [0.1, 0.15) is 49.2 Å². The first-order chi connectivity index (χ1) is 13.3. The molecule has 4 aliphatic rings. The number of amides is 1. The van der Waals surface area contributed by atoms with Crippen molar-refractivity contribution in [2.45, 2.75) is 56.3 Å². The van der Waals surface area contributed by atoms with Gasteiger partial charge in [-0.3, -0.25) is 4.79 Å². The fraction of sp³-hybridized carbons (Fsp3) is 0.545. The van der Waals surface area contributed by atoms with Gasteiger partial charge in [0.2, 0.25) is 5.91 Å². The van der Waals surface area contributed by atoms with Crippen LogP contribution in [-0.4, -0.2) is 15.2 Å². The van der Waals surface area contributed by atoms with E-state index in [4.69, 9.17) is 0 Å². The standard InChI is InChI=1S/C22H24BrFN2OS/c1-14-25-18(12-28-14)11-26(19-4-2-17(24)3-5-19)20(27)21-7-15-6-16(8-21)10-22(23,9-15)13-21/h2-5,12,15-16H,6-11,13H2,1H3. The van der Waals surface area contributed by atoms with E-state index in [1.165, 1.54) is 31.4 Å². The quantitative estimate of drug-likeness (QED) is 0.533. The minimum atomic E-state index is -0.299. The Labute approximate surface area is 177 Å². The van der Waals surface area contributed by atoms with Gasteiger partial charge in [0.25, 0.3) is 0 Å². The lowest BCUT2D eigenvalue weighted by molar-refractivity contribution is -0.141. The van der Waals surface area contributed by atoms with Gasteiger partial charge in [0.1, 0.15) is 5.82 Å². The maximum atomic E-state index is 14.0. The van der Waals surface area contributed by atoms with Crippen molar-refractivity contribution in [2.24, 2.45) is 17.3 Å². The number of carbonyl (C=O) groups is 1. The topological polar surface area (TPSA) is 33.2 Å². The van der Waals surface area contributed by atoms with Crippen LogP contribution in [0.25, 0.3) is 0 Å². The number of anilines is 1. The average molecular weight is 463 g/mol. The molecule has 6 heteroatoms. The van der Waals surface area contributed by atoms with Gasteiger partial charge < -0.3 is 4.90 Å². The van der Waals surface area contributed by atoms with Crippen LogP contribution in [0.15, 0.2) is 29.6 Å². The van der Waals surface area contributed by atoms with Crippen molar-refractivity contribution in [1.29, 1.82) is 0 Å². The van der Waals surface area contributed by atoms with E-state index in [9.17, 15) is 9.18 Å². The summed E-state index contributed by atoms with van der Waals surface area (Å²) in [5, 5.41) is 3.01. The number of hydrogen-bond donors (Lipinski definition) is 0. The molecule has 28 heavy (non-hydrogen) atoms. The highest BCUT2D eigenvalue weighted by molar-refractivity contribution is 9.10. The van der Waals surface area contributed by atoms with E-state index < -0.39 is 0 Å². The minimum Gasteiger partial charge on any atom is -0.306 e. The SMILES string of the molecule is Cc1nc(CN(C(=O)C23CC4CC(CC(Br)(C4)C2)C3)c2ccc(F)cc2)cs1. The second-order valence-electron chi connectivity index (χ2n) is 9.12. The van der Waals surface area contributed by atoms with Crippen LogP contribution in [0.4, 0.5) is 10.1 Å². The van der Waals surface area contributed by atoms with E-state index in [-0.39, 0.29) is 21.5 Å². The van der Waals surface area contributed by atoms with Crippen LogP contribution in [0.2, 0.25) is 0 Å². The van der Waals surface area contributed by atoms with E-state index in [2.05, 4.69) is 20.9 Å². The molecular weight excluding hydrogens is 439 g/mol. The van der Waals surface area contributed by atoms with E-state index in [0.717, 1.165) is 35.7 Å². The number of alkyl halides is 1. The number of halogens is 2. The van der Waals surface area contributed by atoms with Crippen molar-refractivity contribution < 1.29 is 9.18 Å². The molecule has 0 radical (unpaired) electrons. The minimum absolute atomic E-state index is 0.123. The summed E-state index contributed by atoms with van der Waals surface area (Å²) in [5.74, 6) is 1.19. The molecule has 1 heterocycles. The highest BCUT2D eigenvalue weighted by atomic mass is 79.9. The highest BCUT2D eigenvalue weighted by Gasteiger charge is 2.60. The first-order valence-electron chi connectivity index (χ1n) is 10.0. The Hall–Kier alpha value is -1.27. The largest absolute Gasteiger partial charge is 0.306 e. The van der Waals surface area contributed by atoms with E-state index in [0.29, 0.717) is 18.4 Å². The molecule has 0 N–H and O–H groups in total. The van der Waals surface area contributed by atoms with E-state index in [1.54, 1.807) is 23.5 Å². The lowest BCUT2D eigenvalue weighted by Crippen LogP contribution is -2.59. The maximum Gasteiger partial charge on any atom is 0.233 e. The number of aryl methyl sites for hydroxylation is 1. The normalized spacial score (nSPS) is 33.2. The molecule has 4 bridgehead atoms. The van der Waals surface area contributed by atoms with Crippen molar-refractivity contribution in [3.63, 3.8) is 0 Å². The molecule has 3 nitrogen and oxygen atoms in total. The molecule has 1 aromatic carbocycles. The molecule has 2 atom stereocenters. The van der Waals surface area contributed by atoms with E-state index >= 15 is 0 Å². The Kier molecular flexibility index (Phi) is 4.43. The zero-order chi connectivity index (χ0) is 19.5. The van der Waals surface area contributed by atoms with E-state index in [1.807, 2.05) is 17.2 Å². The van der Waals surface area contributed by atoms with Gasteiger partial charge in [0.05, 0.1) is 22.7 Å². The maximum absolute atomic E-state index is 14.0. The summed E-state index contributed by atoms with van der Waals surface area (Å²) < 4.78 is 13.6. The Morgan fingerprint density at radius 2 is 1.93 bits per heavy atom. The van der Waals surface area contributed by atoms with Crippen LogP contribution in [0.5, 0.6) is 0 Å². The number of nitrogens with zero attached hydrogens (tertiary/aromatic N) is 2. The predicted octanol–water partition coefficient (Wildman–Crippen LogP) is 5.86. The lowest BCUT2D eigenvalue weighted by atomic mass is 9.49. The number of hydrogen-bond acceptors (Lipinski definition) is 3. The molecule has 1 aromatic heterocycles. The van der Waals surface area contributed by atoms with Crippen molar-refractivity contribution in [3.8, 4) is 0 Å². The Morgan fingerprint density at radius 1 is 1.25 bits per heavy atom. The number of benzene rings is 1. The third-order valence-corrected chi connectivity index (χ3v) is 8.56. The summed E-state index contributed by atoms with van der Waals surface area (Å²) in [6.45, 7) is 2.42. The van der Waals surface area contributed by atoms with Crippen LogP contribution in [-0.2, 0) is 11.3 Å². The van der Waals surface area contributed by atoms with Gasteiger partial charge in [0.15, 0.2) is 0 Å². The number of aromatic nitrogens is 1. The van der Waals surface area contributed by atoms with Crippen LogP contribution in [0.3, 0.4) is 0 Å². The number of carbonyl (C=O) groups excluding carboxylic acids is 1. The molecule has 4 fully saturated rings. The van der Waals surface area contributed by atoms with Gasteiger partial charge >= 0.3 is 0 Å². The zero-order valence-electron chi connectivity index (χ0n) is 16.0. The second-order valence-corrected chi connectivity index (χ2v) is 11.9. The summed E-state index contributed by atoms with van der Waals surface area (Å²) in [5.41, 5.74) is 1.36. The predicted molar refractivity (Wildman–Crippen MR) is 113 cm³/mol. The van der Waals surface area contributed by atoms with Crippen LogP contribution < -0.4 is 4.90 Å². The van der Waals surface area contributed by atoms with Gasteiger partial charge in [-0.15, -0.1) is 11.3 Å². The van der Waals surface area contributed by atoms with Crippen LogP contribution in [0, 0.1) is 30.0 Å². The third-order valence-electron chi connectivity index (χ3n) is 6.81. The molecule has 2 unspecified atom stereocenters. The second kappa shape index (κ2) is 6.63. The van der Waals surface area contributed by atoms with Crippen molar-refractivity contribution in [3.05, 3.63) is 46.2 Å². The Bertz CT molecular complexity index is 898. The summed E-state index contributed by atoms with van der Waals surface area (Å²) in [6.07, 6.45) is 6.55. The van der Waals surface area contributed by atoms with Gasteiger partial charge in [0, 0.05) is 15.4 Å². The molecule has 0 spiro atoms. The van der Waals surface area contributed by atoms with Crippen molar-refractivity contribution in [1.82, 2.24) is 4.98 Å². The summed E-state index contributed by atoms with van der Waals surface area (Å²) >= 11 is 5.61. The fourth-order valence-electron chi connectivity index (χ4n) is 6.23. The Balaban J connectivity index is 1.51. The molecule has 0 aliphatic heterocycles. The summed E-state index contributed by atoms with van der Waals surface area (Å²) in [4.78, 5) is 20.5. The molecule has 6 rings (SSSR count). The number of rotatable bonds is 4. The number of thiazole rings is 1. The highest BCUT2D eigenvalue weighted by Crippen LogP contribution is 2.65. The molecule has 4 aliphatic carbocycles. The lowest BCUT2D eigenvalue weighted by Gasteiger charge is -2.60. The average Bonchev–Trinajstić information content (AvgIpc) is 3.03. The monoisotopic (exact) mass is 462 g/mol. The molecule has 2 aromatic rings. The van der Waals surface area contributed by atoms with Gasteiger partial charge in [-0.2, -0.15) is 0 Å². The van der Waals surface area contributed by atoms with Gasteiger partial charge in [-0.25, -0.2) is 9.37 Å². The van der Waals surface area contributed by atoms with Crippen molar-refractivity contribution >= 4 is 38.9 Å². The first kappa shape index (κ1) is 18.7. The Morgan fingerprint density at radius 3 is 2.50 bits per heavy atom. The zero-order valence-corrected chi connectivity index (χ0v) is 18.4. The molecular formula is C22H24BrFN2OS. The van der Waals surface area contributed by atoms with Crippen molar-refractivity contribution in [2.75, 3.05) is 4.90 Å². The molecule has 148 valence electrons. The summed E-state index contributed by atoms with van der Waals surface area (Å²) in [7, 11) is 0. The van der Waals surface area contributed by atoms with Gasteiger partial charge in [-0.1, -0.05) is 15.9 Å². The fourth-order valence-corrected chi connectivity index (χ4v) is 8.29. The summed E-state index contributed by atoms with van der Waals surface area (Å²) in [6, 6.07) is 6.31. The first-order valence-corrected chi connectivity index (χ1v) is 11.7. The third kappa shape index (κ3) is 3.22. The molecule has 0 saturated heterocycles. The van der Waals surface area contributed by atoms with Gasteiger partial charge in [-0.05, 0) is 81.5 Å².